The maximum atomic E-state index is 9.08. The largest absolute Gasteiger partial charge is 0.748 e. The fourth-order valence-corrected chi connectivity index (χ4v) is 2.71. The van der Waals surface area contributed by atoms with E-state index in [4.69, 9.17) is 13.0 Å². The van der Waals surface area contributed by atoms with Crippen LogP contribution in [0, 0.1) is 0 Å². The first kappa shape index (κ1) is 22.4. The summed E-state index contributed by atoms with van der Waals surface area (Å²) in [5, 5.41) is 0. The zero-order valence-electron chi connectivity index (χ0n) is 15.1. The van der Waals surface area contributed by atoms with Crippen LogP contribution in [0.15, 0.2) is 24.0 Å². The second-order valence-corrected chi connectivity index (χ2v) is 7.62. The summed E-state index contributed by atoms with van der Waals surface area (Å²) in [6.45, 7) is 5.84. The second-order valence-electron chi connectivity index (χ2n) is 6.21. The standard InChI is InChI=1S/C17H31N.CH4O3S/c1-3-5-6-7-8-9-10-11-12-15-18-16-13-14-17(18)4-2;1-5(2,3)4/h13-14,16H,3-12,15H2,1-2H3;1H3,(H,2,3,4). The Hall–Kier alpha value is -0.650. The summed E-state index contributed by atoms with van der Waals surface area (Å²) in [6.07, 6.45) is 21.4. The molecule has 23 heavy (non-hydrogen) atoms. The van der Waals surface area contributed by atoms with Crippen LogP contribution in [0.4, 0.5) is 0 Å². The molecule has 1 N–H and O–H groups in total. The van der Waals surface area contributed by atoms with E-state index >= 15 is 0 Å². The van der Waals surface area contributed by atoms with Gasteiger partial charge < -0.3 is 4.55 Å². The van der Waals surface area contributed by atoms with Gasteiger partial charge in [0.2, 0.25) is 0 Å². The van der Waals surface area contributed by atoms with Crippen LogP contribution < -0.4 is 4.90 Å². The van der Waals surface area contributed by atoms with Gasteiger partial charge in [0.05, 0.1) is 22.9 Å². The van der Waals surface area contributed by atoms with Gasteiger partial charge in [-0.2, -0.15) is 0 Å². The van der Waals surface area contributed by atoms with Crippen molar-refractivity contribution in [2.75, 3.05) is 12.8 Å². The topological polar surface area (TPSA) is 61.6 Å². The molecule has 1 rings (SSSR count). The summed E-state index contributed by atoms with van der Waals surface area (Å²) >= 11 is 0. The van der Waals surface area contributed by atoms with Gasteiger partial charge in [-0.05, 0) is 18.9 Å². The predicted octanol–water partition coefficient (Wildman–Crippen LogP) is 3.38. The van der Waals surface area contributed by atoms with Crippen LogP contribution in [0.5, 0.6) is 0 Å². The second kappa shape index (κ2) is 13.8. The van der Waals surface area contributed by atoms with Gasteiger partial charge in [0.1, 0.15) is 5.70 Å². The smallest absolute Gasteiger partial charge is 0.112 e. The quantitative estimate of drug-likeness (QED) is 0.461. The number of hydrogen-bond acceptors (Lipinski definition) is 3. The summed E-state index contributed by atoms with van der Waals surface area (Å²) in [6, 6.07) is 0. The number of nitrogens with one attached hydrogen (secondary N) is 1. The molecule has 1 aliphatic rings. The monoisotopic (exact) mass is 345 g/mol. The number of rotatable bonds is 11. The van der Waals surface area contributed by atoms with Crippen molar-refractivity contribution in [2.24, 2.45) is 0 Å². The first-order valence-electron chi connectivity index (χ1n) is 9.02. The molecule has 0 aromatic carbocycles. The summed E-state index contributed by atoms with van der Waals surface area (Å²) < 4.78 is 27.2. The van der Waals surface area contributed by atoms with Crippen molar-refractivity contribution in [1.29, 1.82) is 0 Å². The van der Waals surface area contributed by atoms with Gasteiger partial charge in [-0.25, -0.2) is 8.42 Å². The van der Waals surface area contributed by atoms with E-state index in [2.05, 4.69) is 32.2 Å². The van der Waals surface area contributed by atoms with E-state index in [1.807, 2.05) is 0 Å². The van der Waals surface area contributed by atoms with Crippen molar-refractivity contribution < 1.29 is 17.9 Å². The van der Waals surface area contributed by atoms with Crippen LogP contribution >= 0.6 is 0 Å². The molecule has 1 unspecified atom stereocenters. The van der Waals surface area contributed by atoms with Crippen LogP contribution in [-0.2, 0) is 10.1 Å². The maximum Gasteiger partial charge on any atom is 0.112 e. The number of unbranched alkanes of at least 4 members (excludes halogenated alkanes) is 8. The van der Waals surface area contributed by atoms with E-state index in [-0.39, 0.29) is 0 Å². The molecular weight excluding hydrogens is 310 g/mol. The highest BCUT2D eigenvalue weighted by atomic mass is 32.2. The Morgan fingerprint density at radius 2 is 1.43 bits per heavy atom. The molecule has 0 aromatic rings. The molecular formula is C18H35NO3S. The van der Waals surface area contributed by atoms with Crippen molar-refractivity contribution in [2.45, 2.75) is 78.1 Å². The maximum absolute atomic E-state index is 9.08. The molecule has 136 valence electrons. The fourth-order valence-electron chi connectivity index (χ4n) is 2.71. The van der Waals surface area contributed by atoms with E-state index in [1.165, 1.54) is 70.8 Å². The van der Waals surface area contributed by atoms with Crippen LogP contribution in [0.25, 0.3) is 0 Å². The lowest BCUT2D eigenvalue weighted by Crippen LogP contribution is -3.04. The van der Waals surface area contributed by atoms with Gasteiger partial charge in [-0.1, -0.05) is 58.8 Å². The molecule has 4 nitrogen and oxygen atoms in total. The Bertz CT molecular complexity index is 433. The molecule has 0 aromatic heterocycles. The summed E-state index contributed by atoms with van der Waals surface area (Å²) in [5.41, 5.74) is 1.56. The molecule has 0 amide bonds. The molecule has 1 heterocycles. The highest BCUT2D eigenvalue weighted by Gasteiger charge is 2.13. The molecule has 1 atom stereocenters. The Morgan fingerprint density at radius 1 is 0.957 bits per heavy atom. The molecule has 0 saturated heterocycles. The van der Waals surface area contributed by atoms with Crippen LogP contribution in [0.3, 0.4) is 0 Å². The van der Waals surface area contributed by atoms with Gasteiger partial charge in [-0.3, -0.25) is 4.90 Å². The molecule has 0 spiro atoms. The number of quaternary nitrogens is 1. The minimum absolute atomic E-state index is 0.604. The van der Waals surface area contributed by atoms with Gasteiger partial charge in [0, 0.05) is 18.8 Å². The van der Waals surface area contributed by atoms with Crippen LogP contribution in [-0.4, -0.2) is 25.8 Å². The van der Waals surface area contributed by atoms with E-state index in [0.717, 1.165) is 0 Å². The average molecular weight is 346 g/mol. The van der Waals surface area contributed by atoms with Crippen molar-refractivity contribution in [1.82, 2.24) is 0 Å². The Kier molecular flexibility index (Phi) is 13.4. The van der Waals surface area contributed by atoms with Crippen molar-refractivity contribution >= 4 is 10.1 Å². The van der Waals surface area contributed by atoms with Gasteiger partial charge in [0.25, 0.3) is 0 Å². The predicted molar refractivity (Wildman–Crippen MR) is 96.2 cm³/mol. The lowest BCUT2D eigenvalue weighted by atomic mass is 10.1. The van der Waals surface area contributed by atoms with Crippen molar-refractivity contribution in [3.05, 3.63) is 24.0 Å². The molecule has 5 heteroatoms. The summed E-state index contributed by atoms with van der Waals surface area (Å²) in [5.74, 6) is 0. The van der Waals surface area contributed by atoms with Crippen LogP contribution in [0.1, 0.15) is 78.1 Å². The zero-order valence-corrected chi connectivity index (χ0v) is 16.0. The Balaban J connectivity index is 0.000000841. The lowest BCUT2D eigenvalue weighted by molar-refractivity contribution is -0.804. The normalized spacial score (nSPS) is 16.9. The Labute approximate surface area is 143 Å². The fraction of sp³-hybridized carbons (Fsp3) is 0.778. The van der Waals surface area contributed by atoms with E-state index in [1.54, 1.807) is 10.6 Å². The first-order valence-corrected chi connectivity index (χ1v) is 10.8. The van der Waals surface area contributed by atoms with Gasteiger partial charge in [-0.15, -0.1) is 0 Å². The van der Waals surface area contributed by atoms with Crippen molar-refractivity contribution in [3.63, 3.8) is 0 Å². The summed E-state index contributed by atoms with van der Waals surface area (Å²) in [4.78, 5) is 1.60. The van der Waals surface area contributed by atoms with Gasteiger partial charge >= 0.3 is 0 Å². The number of hydrogen-bond donors (Lipinski definition) is 1. The molecule has 0 bridgehead atoms. The molecule has 1 aliphatic heterocycles. The SMILES string of the molecule is CCCCCCCCCCC[NH+]1C=CC=C1CC.CS(=O)(=O)[O-]. The third-order valence-corrected chi connectivity index (χ3v) is 3.94. The summed E-state index contributed by atoms with van der Waals surface area (Å²) in [7, 11) is -3.92. The minimum Gasteiger partial charge on any atom is -0.748 e. The lowest BCUT2D eigenvalue weighted by Gasteiger charge is -2.12. The van der Waals surface area contributed by atoms with E-state index < -0.39 is 10.1 Å². The molecule has 0 fully saturated rings. The first-order chi connectivity index (χ1) is 10.9. The third-order valence-electron chi connectivity index (χ3n) is 3.94. The molecule has 0 radical (unpaired) electrons. The van der Waals surface area contributed by atoms with E-state index in [0.29, 0.717) is 6.26 Å². The van der Waals surface area contributed by atoms with Crippen LogP contribution in [0.2, 0.25) is 0 Å². The highest BCUT2D eigenvalue weighted by molar-refractivity contribution is 7.84. The molecule has 0 aliphatic carbocycles. The highest BCUT2D eigenvalue weighted by Crippen LogP contribution is 2.09. The van der Waals surface area contributed by atoms with Crippen molar-refractivity contribution in [3.8, 4) is 0 Å². The zero-order chi connectivity index (χ0) is 17.6. The Morgan fingerprint density at radius 3 is 1.91 bits per heavy atom. The molecule has 0 saturated carbocycles. The minimum atomic E-state index is -3.92. The van der Waals surface area contributed by atoms with E-state index in [9.17, 15) is 0 Å². The third kappa shape index (κ3) is 16.0. The van der Waals surface area contributed by atoms with Gasteiger partial charge in [0.15, 0.2) is 0 Å². The average Bonchev–Trinajstić information content (AvgIpc) is 2.91. The number of allylic oxidation sites excluding steroid dienone is 3.